The molecule has 0 heterocycles. The Hall–Kier alpha value is -1.48. The number of benzene rings is 1. The van der Waals surface area contributed by atoms with Crippen LogP contribution in [0.5, 0.6) is 0 Å². The summed E-state index contributed by atoms with van der Waals surface area (Å²) in [5.41, 5.74) is 3.54. The standard InChI is InChI=1S/C11H15F3N2O3S/c1-19-5-2-6-20(17,18)16-10-4-3-8(15)7-9(10)11(12,13)14/h3-4,7,16H,2,5-6,15H2,1H3. The molecule has 0 saturated carbocycles. The maximum Gasteiger partial charge on any atom is 0.418 e. The minimum absolute atomic E-state index is 0.0975. The van der Waals surface area contributed by atoms with Gasteiger partial charge in [-0.15, -0.1) is 0 Å². The molecule has 1 rings (SSSR count). The highest BCUT2D eigenvalue weighted by atomic mass is 32.2. The van der Waals surface area contributed by atoms with Gasteiger partial charge in [0.1, 0.15) is 0 Å². The van der Waals surface area contributed by atoms with E-state index in [2.05, 4.69) is 0 Å². The van der Waals surface area contributed by atoms with Gasteiger partial charge < -0.3 is 10.5 Å². The number of alkyl halides is 3. The molecule has 0 atom stereocenters. The second-order valence-electron chi connectivity index (χ2n) is 4.07. The van der Waals surface area contributed by atoms with Crippen LogP contribution in [0, 0.1) is 0 Å². The van der Waals surface area contributed by atoms with Crippen molar-refractivity contribution in [1.29, 1.82) is 0 Å². The third-order valence-corrected chi connectivity index (χ3v) is 3.73. The molecule has 0 saturated heterocycles. The number of nitrogens with one attached hydrogen (secondary N) is 1. The monoisotopic (exact) mass is 312 g/mol. The van der Waals surface area contributed by atoms with Gasteiger partial charge in [-0.3, -0.25) is 4.72 Å². The molecule has 0 aromatic heterocycles. The number of anilines is 2. The summed E-state index contributed by atoms with van der Waals surface area (Å²) < 4.78 is 68.4. The number of rotatable bonds is 6. The number of hydrogen-bond acceptors (Lipinski definition) is 4. The van der Waals surface area contributed by atoms with Crippen LogP contribution in [0.2, 0.25) is 0 Å². The van der Waals surface area contributed by atoms with Gasteiger partial charge in [-0.25, -0.2) is 8.42 Å². The van der Waals surface area contributed by atoms with Gasteiger partial charge in [-0.2, -0.15) is 13.2 Å². The van der Waals surface area contributed by atoms with E-state index in [4.69, 9.17) is 10.5 Å². The van der Waals surface area contributed by atoms with Crippen LogP contribution in [-0.2, 0) is 20.9 Å². The number of nitrogen functional groups attached to an aromatic ring is 1. The Morgan fingerprint density at radius 1 is 1.35 bits per heavy atom. The molecule has 0 amide bonds. The maximum absolute atomic E-state index is 12.8. The summed E-state index contributed by atoms with van der Waals surface area (Å²) in [5.74, 6) is -0.331. The Balaban J connectivity index is 2.98. The predicted molar refractivity (Wildman–Crippen MR) is 69.8 cm³/mol. The lowest BCUT2D eigenvalue weighted by Gasteiger charge is -2.15. The van der Waals surface area contributed by atoms with E-state index in [9.17, 15) is 21.6 Å². The summed E-state index contributed by atoms with van der Waals surface area (Å²) in [7, 11) is -2.47. The summed E-state index contributed by atoms with van der Waals surface area (Å²) in [4.78, 5) is 0. The van der Waals surface area contributed by atoms with Gasteiger partial charge in [0.15, 0.2) is 0 Å². The Labute approximate surface area is 115 Å². The normalized spacial score (nSPS) is 12.4. The van der Waals surface area contributed by atoms with E-state index >= 15 is 0 Å². The highest BCUT2D eigenvalue weighted by Gasteiger charge is 2.34. The molecule has 0 aliphatic heterocycles. The Morgan fingerprint density at radius 3 is 2.55 bits per heavy atom. The van der Waals surface area contributed by atoms with Crippen molar-refractivity contribution in [2.45, 2.75) is 12.6 Å². The first-order valence-electron chi connectivity index (χ1n) is 5.62. The van der Waals surface area contributed by atoms with Crippen molar-refractivity contribution in [2.24, 2.45) is 0 Å². The van der Waals surface area contributed by atoms with Gasteiger partial charge in [0.25, 0.3) is 0 Å². The molecule has 3 N–H and O–H groups in total. The highest BCUT2D eigenvalue weighted by Crippen LogP contribution is 2.36. The summed E-state index contributed by atoms with van der Waals surface area (Å²) in [6.45, 7) is 0.203. The fraction of sp³-hybridized carbons (Fsp3) is 0.455. The zero-order valence-electron chi connectivity index (χ0n) is 10.7. The third kappa shape index (κ3) is 4.89. The van der Waals surface area contributed by atoms with Crippen molar-refractivity contribution in [3.8, 4) is 0 Å². The predicted octanol–water partition coefficient (Wildman–Crippen LogP) is 2.07. The van der Waals surface area contributed by atoms with Crippen molar-refractivity contribution < 1.29 is 26.3 Å². The SMILES string of the molecule is COCCCS(=O)(=O)Nc1ccc(N)cc1C(F)(F)F. The zero-order valence-corrected chi connectivity index (χ0v) is 11.5. The van der Waals surface area contributed by atoms with Crippen LogP contribution in [0.15, 0.2) is 18.2 Å². The quantitative estimate of drug-likeness (QED) is 0.622. The average Bonchev–Trinajstić information content (AvgIpc) is 2.30. The van der Waals surface area contributed by atoms with E-state index in [1.165, 1.54) is 13.2 Å². The molecule has 0 unspecified atom stereocenters. The molecular weight excluding hydrogens is 297 g/mol. The van der Waals surface area contributed by atoms with Crippen LogP contribution in [0.25, 0.3) is 0 Å². The molecular formula is C11H15F3N2O3S. The van der Waals surface area contributed by atoms with Crippen molar-refractivity contribution in [3.63, 3.8) is 0 Å². The highest BCUT2D eigenvalue weighted by molar-refractivity contribution is 7.92. The molecule has 0 fully saturated rings. The molecule has 1 aromatic rings. The van der Waals surface area contributed by atoms with Crippen molar-refractivity contribution >= 4 is 21.4 Å². The van der Waals surface area contributed by atoms with Crippen molar-refractivity contribution in [1.82, 2.24) is 0 Å². The number of nitrogens with two attached hydrogens (primary N) is 1. The molecule has 20 heavy (non-hydrogen) atoms. The van der Waals surface area contributed by atoms with Gasteiger partial charge >= 0.3 is 6.18 Å². The van der Waals surface area contributed by atoms with E-state index in [0.29, 0.717) is 6.07 Å². The van der Waals surface area contributed by atoms with E-state index in [1.807, 2.05) is 4.72 Å². The molecule has 9 heteroatoms. The fourth-order valence-electron chi connectivity index (χ4n) is 1.50. The van der Waals surface area contributed by atoms with Gasteiger partial charge in [-0.1, -0.05) is 0 Å². The first kappa shape index (κ1) is 16.6. The molecule has 1 aromatic carbocycles. The van der Waals surface area contributed by atoms with E-state index < -0.39 is 27.5 Å². The molecule has 0 spiro atoms. The summed E-state index contributed by atoms with van der Waals surface area (Å²) in [6.07, 6.45) is -4.51. The van der Waals surface area contributed by atoms with Crippen LogP contribution < -0.4 is 10.5 Å². The topological polar surface area (TPSA) is 81.4 Å². The molecule has 5 nitrogen and oxygen atoms in total. The maximum atomic E-state index is 12.8. The van der Waals surface area contributed by atoms with Crippen molar-refractivity contribution in [3.05, 3.63) is 23.8 Å². The van der Waals surface area contributed by atoms with Gasteiger partial charge in [-0.05, 0) is 24.6 Å². The second kappa shape index (κ2) is 6.31. The first-order chi connectivity index (χ1) is 9.15. The largest absolute Gasteiger partial charge is 0.418 e. The van der Waals surface area contributed by atoms with E-state index in [-0.39, 0.29) is 24.5 Å². The van der Waals surface area contributed by atoms with E-state index in [0.717, 1.165) is 6.07 Å². The third-order valence-electron chi connectivity index (χ3n) is 2.38. The number of hydrogen-bond donors (Lipinski definition) is 2. The van der Waals surface area contributed by atoms with Gasteiger partial charge in [0, 0.05) is 19.4 Å². The van der Waals surface area contributed by atoms with Gasteiger partial charge in [0.05, 0.1) is 17.0 Å². The summed E-state index contributed by atoms with van der Waals surface area (Å²) in [5, 5.41) is 0. The molecule has 0 aliphatic carbocycles. The molecule has 0 bridgehead atoms. The lowest BCUT2D eigenvalue weighted by Crippen LogP contribution is -2.20. The minimum Gasteiger partial charge on any atom is -0.399 e. The van der Waals surface area contributed by atoms with E-state index in [1.54, 1.807) is 0 Å². The number of ether oxygens (including phenoxy) is 1. The number of halogens is 3. The summed E-state index contributed by atoms with van der Waals surface area (Å²) >= 11 is 0. The number of methoxy groups -OCH3 is 1. The Bertz CT molecular complexity index is 559. The Kier molecular flexibility index (Phi) is 5.23. The van der Waals surface area contributed by atoms with Crippen molar-refractivity contribution in [2.75, 3.05) is 29.9 Å². The summed E-state index contributed by atoms with van der Waals surface area (Å²) in [6, 6.07) is 2.88. The van der Waals surface area contributed by atoms with Gasteiger partial charge in [0.2, 0.25) is 10.0 Å². The zero-order chi connectivity index (χ0) is 15.4. The van der Waals surface area contributed by atoms with Crippen LogP contribution in [0.4, 0.5) is 24.5 Å². The Morgan fingerprint density at radius 2 is 2.00 bits per heavy atom. The lowest BCUT2D eigenvalue weighted by molar-refractivity contribution is -0.136. The van der Waals surface area contributed by atoms with Crippen LogP contribution in [0.1, 0.15) is 12.0 Å². The van der Waals surface area contributed by atoms with Crippen LogP contribution in [-0.4, -0.2) is 27.9 Å². The smallest absolute Gasteiger partial charge is 0.399 e. The fourth-order valence-corrected chi connectivity index (χ4v) is 2.61. The van der Waals surface area contributed by atoms with Crippen LogP contribution in [0.3, 0.4) is 0 Å². The number of sulfonamides is 1. The molecule has 0 aliphatic rings. The first-order valence-corrected chi connectivity index (χ1v) is 7.27. The second-order valence-corrected chi connectivity index (χ2v) is 5.91. The lowest BCUT2D eigenvalue weighted by atomic mass is 10.1. The van der Waals surface area contributed by atoms with Crippen LogP contribution >= 0.6 is 0 Å². The molecule has 114 valence electrons. The molecule has 0 radical (unpaired) electrons. The minimum atomic E-state index is -4.69. The average molecular weight is 312 g/mol.